The molecule has 1 N–H and O–H groups in total. The maximum Gasteiger partial charge on any atom is 0.222 e. The van der Waals surface area contributed by atoms with E-state index in [-0.39, 0.29) is 5.91 Å². The number of fused-ring (bicyclic) bond motifs is 1. The number of amides is 1. The van der Waals surface area contributed by atoms with Crippen molar-refractivity contribution in [2.45, 2.75) is 44.6 Å². The predicted molar refractivity (Wildman–Crippen MR) is 124 cm³/mol. The van der Waals surface area contributed by atoms with Gasteiger partial charge in [-0.3, -0.25) is 4.79 Å². The molecule has 1 atom stereocenters. The van der Waals surface area contributed by atoms with Crippen LogP contribution in [0.25, 0.3) is 11.0 Å². The molecule has 3 heterocycles. The Hall–Kier alpha value is -3.00. The van der Waals surface area contributed by atoms with Crippen LogP contribution in [0.15, 0.2) is 36.7 Å². The lowest BCUT2D eigenvalue weighted by molar-refractivity contribution is -0.133. The molecule has 3 aromatic rings. The highest BCUT2D eigenvalue weighted by Crippen LogP contribution is 2.26. The van der Waals surface area contributed by atoms with Gasteiger partial charge in [-0.05, 0) is 38.3 Å². The van der Waals surface area contributed by atoms with Crippen molar-refractivity contribution in [3.8, 4) is 0 Å². The highest BCUT2D eigenvalue weighted by molar-refractivity contribution is 5.76. The van der Waals surface area contributed by atoms with E-state index < -0.39 is 5.60 Å². The smallest absolute Gasteiger partial charge is 0.222 e. The fourth-order valence-electron chi connectivity index (χ4n) is 4.59. The van der Waals surface area contributed by atoms with Gasteiger partial charge in [-0.25, -0.2) is 15.0 Å². The minimum atomic E-state index is -0.946. The molecule has 1 aliphatic heterocycles. The Morgan fingerprint density at radius 1 is 1.28 bits per heavy atom. The van der Waals surface area contributed by atoms with Crippen molar-refractivity contribution < 1.29 is 9.90 Å². The molecule has 4 rings (SSSR count). The first-order valence-corrected chi connectivity index (χ1v) is 11.2. The molecule has 170 valence electrons. The minimum Gasteiger partial charge on any atom is -0.386 e. The molecule has 0 bridgehead atoms. The van der Waals surface area contributed by atoms with E-state index in [9.17, 15) is 9.90 Å². The maximum atomic E-state index is 12.8. The summed E-state index contributed by atoms with van der Waals surface area (Å²) in [6.45, 7) is 3.55. The van der Waals surface area contributed by atoms with Gasteiger partial charge in [0.05, 0.1) is 23.2 Å². The number of β-amino-alcohol motifs (C(OH)–C–C–N with tert-alkyl or cyclic N) is 1. The quantitative estimate of drug-likeness (QED) is 0.612. The Bertz CT molecular complexity index is 1100. The Labute approximate surface area is 188 Å². The fraction of sp³-hybridized carbons (Fsp3) is 0.500. The Morgan fingerprint density at radius 2 is 2.09 bits per heavy atom. The highest BCUT2D eigenvalue weighted by Gasteiger charge is 2.35. The molecule has 32 heavy (non-hydrogen) atoms. The average molecular weight is 437 g/mol. The van der Waals surface area contributed by atoms with Crippen LogP contribution in [0.4, 0.5) is 5.82 Å². The zero-order valence-corrected chi connectivity index (χ0v) is 19.2. The topological polar surface area (TPSA) is 87.4 Å². The molecular formula is C24H32N6O2. The monoisotopic (exact) mass is 436 g/mol. The molecule has 0 unspecified atom stereocenters. The summed E-state index contributed by atoms with van der Waals surface area (Å²) in [5.74, 6) is 1.86. The molecule has 0 aliphatic carbocycles. The number of aryl methyl sites for hydroxylation is 3. The number of imidazole rings is 1. The average Bonchev–Trinajstić information content (AvgIpc) is 3.09. The molecule has 2 aromatic heterocycles. The summed E-state index contributed by atoms with van der Waals surface area (Å²) in [4.78, 5) is 29.7. The van der Waals surface area contributed by atoms with Crippen molar-refractivity contribution >= 4 is 22.8 Å². The number of hydrogen-bond donors (Lipinski definition) is 1. The molecule has 8 heteroatoms. The van der Waals surface area contributed by atoms with Crippen LogP contribution in [0.1, 0.15) is 37.2 Å². The molecule has 0 radical (unpaired) electrons. The SMILES string of the molecule is Cc1cc(N2CCC[C@](O)(CN(C)C(=O)CCCc3nc4ccccc4n3C)C2)ncn1. The lowest BCUT2D eigenvalue weighted by atomic mass is 9.92. The molecule has 8 nitrogen and oxygen atoms in total. The zero-order valence-electron chi connectivity index (χ0n) is 19.2. The molecular weight excluding hydrogens is 404 g/mol. The van der Waals surface area contributed by atoms with Crippen LogP contribution in [0.2, 0.25) is 0 Å². The number of rotatable bonds is 7. The Balaban J connectivity index is 1.31. The van der Waals surface area contributed by atoms with E-state index in [4.69, 9.17) is 0 Å². The summed E-state index contributed by atoms with van der Waals surface area (Å²) in [6, 6.07) is 9.99. The predicted octanol–water partition coefficient (Wildman–Crippen LogP) is 2.48. The first-order valence-electron chi connectivity index (χ1n) is 11.2. The number of carbonyl (C=O) groups excluding carboxylic acids is 1. The van der Waals surface area contributed by atoms with Gasteiger partial charge in [0.1, 0.15) is 18.0 Å². The summed E-state index contributed by atoms with van der Waals surface area (Å²) in [7, 11) is 3.80. The summed E-state index contributed by atoms with van der Waals surface area (Å²) >= 11 is 0. The number of hydrogen-bond acceptors (Lipinski definition) is 6. The van der Waals surface area contributed by atoms with Crippen molar-refractivity contribution in [2.75, 3.05) is 31.6 Å². The largest absolute Gasteiger partial charge is 0.386 e. The molecule has 0 spiro atoms. The van der Waals surface area contributed by atoms with Crippen molar-refractivity contribution in [2.24, 2.45) is 7.05 Å². The molecule has 1 amide bonds. The van der Waals surface area contributed by atoms with Gasteiger partial charge in [-0.2, -0.15) is 0 Å². The summed E-state index contributed by atoms with van der Waals surface area (Å²) in [5, 5.41) is 11.2. The van der Waals surface area contributed by atoms with Gasteiger partial charge >= 0.3 is 0 Å². The second kappa shape index (κ2) is 9.24. The number of nitrogens with zero attached hydrogens (tertiary/aromatic N) is 6. The Morgan fingerprint density at radius 3 is 2.88 bits per heavy atom. The summed E-state index contributed by atoms with van der Waals surface area (Å²) < 4.78 is 2.09. The zero-order chi connectivity index (χ0) is 22.7. The van der Waals surface area contributed by atoms with E-state index in [1.54, 1.807) is 18.3 Å². The van der Waals surface area contributed by atoms with Crippen LogP contribution in [0.3, 0.4) is 0 Å². The third-order valence-electron chi connectivity index (χ3n) is 6.30. The number of aromatic nitrogens is 4. The first kappa shape index (κ1) is 22.2. The number of aliphatic hydroxyl groups is 1. The van der Waals surface area contributed by atoms with Crippen LogP contribution in [0.5, 0.6) is 0 Å². The summed E-state index contributed by atoms with van der Waals surface area (Å²) in [5.41, 5.74) is 2.04. The van der Waals surface area contributed by atoms with Gasteiger partial charge in [0, 0.05) is 51.8 Å². The Kier molecular flexibility index (Phi) is 6.41. The van der Waals surface area contributed by atoms with E-state index in [0.717, 1.165) is 54.2 Å². The number of piperidine rings is 1. The normalized spacial score (nSPS) is 18.8. The van der Waals surface area contributed by atoms with Gasteiger partial charge in [0.15, 0.2) is 0 Å². The van der Waals surface area contributed by atoms with Crippen LogP contribution >= 0.6 is 0 Å². The van der Waals surface area contributed by atoms with E-state index in [1.807, 2.05) is 38.2 Å². The standard InChI is InChI=1S/C24H32N6O2/c1-18-14-22(26-17-25-18)30-13-7-12-24(32,16-30)15-28(2)23(31)11-6-10-21-27-19-8-4-5-9-20(19)29(21)3/h4-5,8-9,14,17,32H,6-7,10-13,15-16H2,1-3H3/t24-/m0/s1. The van der Waals surface area contributed by atoms with Gasteiger partial charge < -0.3 is 19.5 Å². The van der Waals surface area contributed by atoms with Gasteiger partial charge in [0.2, 0.25) is 5.91 Å². The number of anilines is 1. The molecule has 1 saturated heterocycles. The highest BCUT2D eigenvalue weighted by atomic mass is 16.3. The lowest BCUT2D eigenvalue weighted by Crippen LogP contribution is -2.54. The van der Waals surface area contributed by atoms with Crippen molar-refractivity contribution in [1.29, 1.82) is 0 Å². The van der Waals surface area contributed by atoms with Gasteiger partial charge in [-0.1, -0.05) is 12.1 Å². The van der Waals surface area contributed by atoms with Crippen LogP contribution in [-0.2, 0) is 18.3 Å². The van der Waals surface area contributed by atoms with Gasteiger partial charge in [0.25, 0.3) is 0 Å². The first-order chi connectivity index (χ1) is 15.3. The van der Waals surface area contributed by atoms with Crippen molar-refractivity contribution in [1.82, 2.24) is 24.4 Å². The molecule has 0 saturated carbocycles. The minimum absolute atomic E-state index is 0.0483. The van der Waals surface area contributed by atoms with E-state index in [2.05, 4.69) is 30.5 Å². The number of benzene rings is 1. The molecule has 1 fully saturated rings. The van der Waals surface area contributed by atoms with Crippen LogP contribution in [-0.4, -0.2) is 67.7 Å². The number of para-hydroxylation sites is 2. The second-order valence-corrected chi connectivity index (χ2v) is 8.95. The van der Waals surface area contributed by atoms with E-state index in [1.165, 1.54) is 0 Å². The number of likely N-dealkylation sites (N-methyl/N-ethyl adjacent to an activating group) is 1. The van der Waals surface area contributed by atoms with E-state index >= 15 is 0 Å². The molecule has 1 aromatic carbocycles. The summed E-state index contributed by atoms with van der Waals surface area (Å²) in [6.07, 6.45) is 4.99. The number of carbonyl (C=O) groups is 1. The molecule has 1 aliphatic rings. The maximum absolute atomic E-state index is 12.8. The second-order valence-electron chi connectivity index (χ2n) is 8.95. The third-order valence-corrected chi connectivity index (χ3v) is 6.30. The fourth-order valence-corrected chi connectivity index (χ4v) is 4.59. The van der Waals surface area contributed by atoms with Crippen molar-refractivity contribution in [3.05, 3.63) is 48.2 Å². The van der Waals surface area contributed by atoms with Crippen LogP contribution in [0, 0.1) is 6.92 Å². The lowest BCUT2D eigenvalue weighted by Gasteiger charge is -2.41. The van der Waals surface area contributed by atoms with Crippen LogP contribution < -0.4 is 4.90 Å². The van der Waals surface area contributed by atoms with Crippen molar-refractivity contribution in [3.63, 3.8) is 0 Å². The van der Waals surface area contributed by atoms with Gasteiger partial charge in [-0.15, -0.1) is 0 Å². The van der Waals surface area contributed by atoms with E-state index in [0.29, 0.717) is 25.9 Å². The third kappa shape index (κ3) is 4.91.